The number of methoxy groups -OCH3 is 1. The second kappa shape index (κ2) is 3.54. The standard InChI is InChI=1S/C8H8ClNO2/c1-5(11)6-3-8(12-2)10-4-7(6)9/h3-4H,1-2H3. The summed E-state index contributed by atoms with van der Waals surface area (Å²) >= 11 is 5.71. The molecule has 4 heteroatoms. The predicted octanol–water partition coefficient (Wildman–Crippen LogP) is 1.95. The van der Waals surface area contributed by atoms with Crippen molar-refractivity contribution in [1.29, 1.82) is 0 Å². The molecular formula is C8H8ClNO2. The van der Waals surface area contributed by atoms with Gasteiger partial charge in [-0.3, -0.25) is 4.79 Å². The van der Waals surface area contributed by atoms with Crippen LogP contribution in [-0.2, 0) is 0 Å². The molecule has 0 spiro atoms. The number of aromatic nitrogens is 1. The lowest BCUT2D eigenvalue weighted by Crippen LogP contribution is -1.96. The third-order valence-corrected chi connectivity index (χ3v) is 1.72. The maximum atomic E-state index is 11.0. The molecule has 1 aromatic rings. The first-order valence-corrected chi connectivity index (χ1v) is 3.73. The molecule has 12 heavy (non-hydrogen) atoms. The van der Waals surface area contributed by atoms with Crippen molar-refractivity contribution in [3.8, 4) is 5.88 Å². The van der Waals surface area contributed by atoms with E-state index < -0.39 is 0 Å². The quantitative estimate of drug-likeness (QED) is 0.661. The molecule has 1 heterocycles. The highest BCUT2D eigenvalue weighted by atomic mass is 35.5. The molecule has 0 radical (unpaired) electrons. The second-order valence-corrected chi connectivity index (χ2v) is 2.67. The van der Waals surface area contributed by atoms with Gasteiger partial charge in [0.15, 0.2) is 5.78 Å². The monoisotopic (exact) mass is 185 g/mol. The van der Waals surface area contributed by atoms with E-state index >= 15 is 0 Å². The van der Waals surface area contributed by atoms with Crippen LogP contribution in [0.15, 0.2) is 12.3 Å². The largest absolute Gasteiger partial charge is 0.481 e. The molecule has 3 nitrogen and oxygen atoms in total. The Hall–Kier alpha value is -1.09. The minimum atomic E-state index is -0.0966. The maximum Gasteiger partial charge on any atom is 0.213 e. The van der Waals surface area contributed by atoms with E-state index in [-0.39, 0.29) is 5.78 Å². The predicted molar refractivity (Wildman–Crippen MR) is 45.8 cm³/mol. The third kappa shape index (κ3) is 1.74. The molecule has 0 fully saturated rings. The van der Waals surface area contributed by atoms with Crippen molar-refractivity contribution < 1.29 is 9.53 Å². The van der Waals surface area contributed by atoms with Crippen molar-refractivity contribution in [2.24, 2.45) is 0 Å². The number of pyridine rings is 1. The first-order valence-electron chi connectivity index (χ1n) is 3.35. The first-order chi connectivity index (χ1) is 5.65. The van der Waals surface area contributed by atoms with Gasteiger partial charge in [0.1, 0.15) is 0 Å². The van der Waals surface area contributed by atoms with Gasteiger partial charge in [-0.05, 0) is 6.92 Å². The topological polar surface area (TPSA) is 39.2 Å². The van der Waals surface area contributed by atoms with E-state index in [0.29, 0.717) is 16.5 Å². The summed E-state index contributed by atoms with van der Waals surface area (Å²) in [7, 11) is 1.49. The summed E-state index contributed by atoms with van der Waals surface area (Å²) < 4.78 is 4.84. The van der Waals surface area contributed by atoms with Crippen molar-refractivity contribution >= 4 is 17.4 Å². The van der Waals surface area contributed by atoms with Crippen LogP contribution in [0.2, 0.25) is 5.02 Å². The Morgan fingerprint density at radius 3 is 2.83 bits per heavy atom. The van der Waals surface area contributed by atoms with E-state index in [4.69, 9.17) is 16.3 Å². The van der Waals surface area contributed by atoms with Crippen molar-refractivity contribution in [3.05, 3.63) is 22.8 Å². The van der Waals surface area contributed by atoms with E-state index in [9.17, 15) is 4.79 Å². The zero-order chi connectivity index (χ0) is 9.14. The zero-order valence-electron chi connectivity index (χ0n) is 6.80. The fourth-order valence-electron chi connectivity index (χ4n) is 0.801. The number of halogens is 1. The summed E-state index contributed by atoms with van der Waals surface area (Å²) in [6.45, 7) is 1.45. The molecule has 0 aromatic carbocycles. The molecule has 0 N–H and O–H groups in total. The van der Waals surface area contributed by atoms with Gasteiger partial charge in [-0.1, -0.05) is 11.6 Å². The molecule has 0 unspecified atom stereocenters. The molecule has 64 valence electrons. The summed E-state index contributed by atoms with van der Waals surface area (Å²) in [6, 6.07) is 1.52. The van der Waals surface area contributed by atoms with Crippen molar-refractivity contribution in [2.45, 2.75) is 6.92 Å². The summed E-state index contributed by atoms with van der Waals surface area (Å²) in [5, 5.41) is 0.350. The molecular weight excluding hydrogens is 178 g/mol. The van der Waals surface area contributed by atoms with Gasteiger partial charge >= 0.3 is 0 Å². The summed E-state index contributed by atoms with van der Waals surface area (Å²) in [4.78, 5) is 14.8. The SMILES string of the molecule is COc1cc(C(C)=O)c(Cl)cn1. The van der Waals surface area contributed by atoms with Crippen molar-refractivity contribution in [1.82, 2.24) is 4.98 Å². The molecule has 0 aliphatic rings. The number of carbonyl (C=O) groups excluding carboxylic acids is 1. The first kappa shape index (κ1) is 9.00. The van der Waals surface area contributed by atoms with Crippen LogP contribution in [0.3, 0.4) is 0 Å². The minimum absolute atomic E-state index is 0.0966. The van der Waals surface area contributed by atoms with Gasteiger partial charge in [0.05, 0.1) is 18.3 Å². The number of nitrogens with zero attached hydrogens (tertiary/aromatic N) is 1. The number of carbonyl (C=O) groups is 1. The van der Waals surface area contributed by atoms with Crippen LogP contribution in [0.1, 0.15) is 17.3 Å². The molecule has 0 aliphatic heterocycles. The number of ketones is 1. The molecule has 0 amide bonds. The van der Waals surface area contributed by atoms with Crippen LogP contribution in [0.25, 0.3) is 0 Å². The van der Waals surface area contributed by atoms with Gasteiger partial charge in [0.2, 0.25) is 5.88 Å². The Bertz CT molecular complexity index is 312. The Morgan fingerprint density at radius 2 is 2.33 bits per heavy atom. The summed E-state index contributed by atoms with van der Waals surface area (Å²) in [6.07, 6.45) is 1.40. The number of hydrogen-bond donors (Lipinski definition) is 0. The minimum Gasteiger partial charge on any atom is -0.481 e. The molecule has 0 saturated carbocycles. The van der Waals surface area contributed by atoms with Gasteiger partial charge in [-0.15, -0.1) is 0 Å². The average Bonchev–Trinajstić information content (AvgIpc) is 2.05. The van der Waals surface area contributed by atoms with Crippen LogP contribution in [0.5, 0.6) is 5.88 Å². The van der Waals surface area contributed by atoms with Crippen LogP contribution in [0, 0.1) is 0 Å². The highest BCUT2D eigenvalue weighted by Gasteiger charge is 2.07. The van der Waals surface area contributed by atoms with Crippen LogP contribution in [0.4, 0.5) is 0 Å². The Labute approximate surface area is 75.3 Å². The molecule has 0 saturated heterocycles. The zero-order valence-corrected chi connectivity index (χ0v) is 7.55. The van der Waals surface area contributed by atoms with Crippen LogP contribution in [-0.4, -0.2) is 17.9 Å². The fraction of sp³-hybridized carbons (Fsp3) is 0.250. The second-order valence-electron chi connectivity index (χ2n) is 2.26. The van der Waals surface area contributed by atoms with Gasteiger partial charge < -0.3 is 4.74 Å². The lowest BCUT2D eigenvalue weighted by atomic mass is 10.2. The molecule has 0 atom stereocenters. The highest BCUT2D eigenvalue weighted by Crippen LogP contribution is 2.19. The van der Waals surface area contributed by atoms with E-state index in [1.807, 2.05) is 0 Å². The van der Waals surface area contributed by atoms with E-state index in [1.165, 1.54) is 26.3 Å². The average molecular weight is 186 g/mol. The molecule has 1 rings (SSSR count). The Kier molecular flexibility index (Phi) is 2.65. The van der Waals surface area contributed by atoms with Gasteiger partial charge in [-0.2, -0.15) is 0 Å². The highest BCUT2D eigenvalue weighted by molar-refractivity contribution is 6.33. The smallest absolute Gasteiger partial charge is 0.213 e. The lowest BCUT2D eigenvalue weighted by Gasteiger charge is -2.01. The number of Topliss-reactive ketones (excluding diaryl/α,β-unsaturated/α-hetero) is 1. The van der Waals surface area contributed by atoms with Crippen LogP contribution < -0.4 is 4.74 Å². The van der Waals surface area contributed by atoms with Crippen molar-refractivity contribution in [2.75, 3.05) is 7.11 Å². The van der Waals surface area contributed by atoms with Gasteiger partial charge in [0.25, 0.3) is 0 Å². The molecule has 1 aromatic heterocycles. The summed E-state index contributed by atoms with van der Waals surface area (Å²) in [5.41, 5.74) is 0.434. The number of hydrogen-bond acceptors (Lipinski definition) is 3. The Balaban J connectivity index is 3.17. The maximum absolute atomic E-state index is 11.0. The van der Waals surface area contributed by atoms with Crippen LogP contribution >= 0.6 is 11.6 Å². The van der Waals surface area contributed by atoms with E-state index in [0.717, 1.165) is 0 Å². The fourth-order valence-corrected chi connectivity index (χ4v) is 1.04. The van der Waals surface area contributed by atoms with E-state index in [2.05, 4.69) is 4.98 Å². The lowest BCUT2D eigenvalue weighted by molar-refractivity contribution is 0.101. The number of ether oxygens (including phenoxy) is 1. The van der Waals surface area contributed by atoms with E-state index in [1.54, 1.807) is 0 Å². The van der Waals surface area contributed by atoms with Gasteiger partial charge in [-0.25, -0.2) is 4.98 Å². The summed E-state index contributed by atoms with van der Waals surface area (Å²) in [5.74, 6) is 0.297. The van der Waals surface area contributed by atoms with Crippen molar-refractivity contribution in [3.63, 3.8) is 0 Å². The normalized spacial score (nSPS) is 9.58. The van der Waals surface area contributed by atoms with Gasteiger partial charge in [0, 0.05) is 11.6 Å². The molecule has 0 aliphatic carbocycles. The third-order valence-electron chi connectivity index (χ3n) is 1.42. The Morgan fingerprint density at radius 1 is 1.67 bits per heavy atom. The number of rotatable bonds is 2. The molecule has 0 bridgehead atoms.